The molecule has 7 heteroatoms. The van der Waals surface area contributed by atoms with Crippen molar-refractivity contribution in [2.75, 3.05) is 12.3 Å². The van der Waals surface area contributed by atoms with Gasteiger partial charge >= 0.3 is 0 Å². The normalized spacial score (nSPS) is 19.5. The minimum Gasteiger partial charge on any atom is -0.381 e. The lowest BCUT2D eigenvalue weighted by molar-refractivity contribution is 0.219. The highest BCUT2D eigenvalue weighted by molar-refractivity contribution is 7.89. The Morgan fingerprint density at radius 2 is 2.05 bits per heavy atom. The van der Waals surface area contributed by atoms with Crippen molar-refractivity contribution in [2.45, 2.75) is 43.9 Å². The van der Waals surface area contributed by atoms with Gasteiger partial charge in [0.25, 0.3) is 0 Å². The average Bonchev–Trinajstić information content (AvgIpc) is 2.68. The molecule has 0 amide bonds. The highest BCUT2D eigenvalue weighted by Gasteiger charge is 2.29. The third-order valence-corrected chi connectivity index (χ3v) is 5.28. The van der Waals surface area contributed by atoms with Gasteiger partial charge in [0.15, 0.2) is 5.82 Å². The van der Waals surface area contributed by atoms with Crippen molar-refractivity contribution in [3.05, 3.63) is 6.20 Å². The fraction of sp³-hybridized carbons (Fsp3) is 0.750. The number of nitrogen functional groups attached to an aromatic ring is 1. The van der Waals surface area contributed by atoms with E-state index >= 15 is 0 Å². The molecule has 6 nitrogen and oxygen atoms in total. The second-order valence-electron chi connectivity index (χ2n) is 5.75. The van der Waals surface area contributed by atoms with E-state index in [1.54, 1.807) is 7.05 Å². The summed E-state index contributed by atoms with van der Waals surface area (Å²) in [7, 11) is -1.92. The monoisotopic (exact) mass is 286 g/mol. The Hall–Kier alpha value is -1.08. The largest absolute Gasteiger partial charge is 0.381 e. The summed E-state index contributed by atoms with van der Waals surface area (Å²) in [6.45, 7) is 2.60. The van der Waals surface area contributed by atoms with Crippen molar-refractivity contribution in [3.8, 4) is 0 Å². The lowest BCUT2D eigenvalue weighted by atomic mass is 9.76. The van der Waals surface area contributed by atoms with E-state index in [0.29, 0.717) is 6.54 Å². The number of anilines is 1. The molecule has 1 aliphatic carbocycles. The maximum absolute atomic E-state index is 12.2. The molecular weight excluding hydrogens is 264 g/mol. The minimum absolute atomic E-state index is 0.0452. The molecule has 0 spiro atoms. The molecule has 1 aromatic heterocycles. The molecule has 3 N–H and O–H groups in total. The maximum atomic E-state index is 12.2. The first-order valence-corrected chi connectivity index (χ1v) is 8.10. The van der Waals surface area contributed by atoms with Crippen molar-refractivity contribution in [2.24, 2.45) is 12.5 Å². The first kappa shape index (κ1) is 14.3. The van der Waals surface area contributed by atoms with E-state index in [4.69, 9.17) is 5.73 Å². The van der Waals surface area contributed by atoms with E-state index in [-0.39, 0.29) is 16.1 Å². The van der Waals surface area contributed by atoms with Crippen LogP contribution < -0.4 is 10.5 Å². The summed E-state index contributed by atoms with van der Waals surface area (Å²) >= 11 is 0. The van der Waals surface area contributed by atoms with E-state index in [1.165, 1.54) is 30.1 Å². The fourth-order valence-corrected chi connectivity index (χ4v) is 3.92. The number of hydrogen-bond acceptors (Lipinski definition) is 4. The number of nitrogens with one attached hydrogen (secondary N) is 1. The van der Waals surface area contributed by atoms with Gasteiger partial charge in [-0.3, -0.25) is 4.68 Å². The first-order chi connectivity index (χ1) is 8.82. The summed E-state index contributed by atoms with van der Waals surface area (Å²) in [4.78, 5) is 0.0643. The Morgan fingerprint density at radius 1 is 1.42 bits per heavy atom. The van der Waals surface area contributed by atoms with Crippen molar-refractivity contribution in [3.63, 3.8) is 0 Å². The molecule has 1 saturated carbocycles. The van der Waals surface area contributed by atoms with Crippen LogP contribution in [0.2, 0.25) is 0 Å². The zero-order valence-corrected chi connectivity index (χ0v) is 12.3. The molecule has 108 valence electrons. The van der Waals surface area contributed by atoms with Crippen LogP contribution in [0.5, 0.6) is 0 Å². The Bertz CT molecular complexity index is 544. The molecule has 0 aromatic carbocycles. The van der Waals surface area contributed by atoms with Crippen LogP contribution in [-0.4, -0.2) is 24.7 Å². The number of sulfonamides is 1. The van der Waals surface area contributed by atoms with Crippen LogP contribution in [-0.2, 0) is 17.1 Å². The third kappa shape index (κ3) is 3.27. The standard InChI is InChI=1S/C12H22N4O2S/c1-12(6-4-3-5-7-12)9-14-19(17,18)10-8-16(2)15-11(10)13/h8,14H,3-7,9H2,1-2H3,(H2,13,15). The van der Waals surface area contributed by atoms with Gasteiger partial charge in [-0.25, -0.2) is 13.1 Å². The summed E-state index contributed by atoms with van der Waals surface area (Å²) in [6, 6.07) is 0. The van der Waals surface area contributed by atoms with E-state index in [2.05, 4.69) is 16.7 Å². The number of aromatic nitrogens is 2. The van der Waals surface area contributed by atoms with Crippen LogP contribution in [0, 0.1) is 5.41 Å². The lowest BCUT2D eigenvalue weighted by Gasteiger charge is -2.33. The van der Waals surface area contributed by atoms with E-state index in [9.17, 15) is 8.42 Å². The molecule has 1 fully saturated rings. The Labute approximate surface area is 114 Å². The summed E-state index contributed by atoms with van der Waals surface area (Å²) in [5, 5.41) is 3.86. The van der Waals surface area contributed by atoms with Crippen molar-refractivity contribution in [1.82, 2.24) is 14.5 Å². The van der Waals surface area contributed by atoms with Gasteiger partial charge in [0.1, 0.15) is 4.90 Å². The van der Waals surface area contributed by atoms with Crippen LogP contribution in [0.4, 0.5) is 5.82 Å². The molecule has 1 aromatic rings. The van der Waals surface area contributed by atoms with Crippen molar-refractivity contribution >= 4 is 15.8 Å². The molecule has 0 unspecified atom stereocenters. The van der Waals surface area contributed by atoms with E-state index in [0.717, 1.165) is 12.8 Å². The Kier molecular flexibility index (Phi) is 3.87. The molecule has 2 rings (SSSR count). The molecule has 0 radical (unpaired) electrons. The smallest absolute Gasteiger partial charge is 0.245 e. The highest BCUT2D eigenvalue weighted by atomic mass is 32.2. The number of aryl methyl sites for hydroxylation is 1. The van der Waals surface area contributed by atoms with Crippen LogP contribution >= 0.6 is 0 Å². The number of nitrogens with two attached hydrogens (primary N) is 1. The SMILES string of the molecule is Cn1cc(S(=O)(=O)NCC2(C)CCCCC2)c(N)n1. The third-order valence-electron chi connectivity index (χ3n) is 3.86. The molecule has 0 aliphatic heterocycles. The van der Waals surface area contributed by atoms with Gasteiger partial charge in [0, 0.05) is 19.8 Å². The second kappa shape index (κ2) is 5.13. The van der Waals surface area contributed by atoms with Crippen LogP contribution in [0.15, 0.2) is 11.1 Å². The molecular formula is C12H22N4O2S. The Morgan fingerprint density at radius 3 is 2.58 bits per heavy atom. The molecule has 0 atom stereocenters. The number of rotatable bonds is 4. The quantitative estimate of drug-likeness (QED) is 0.871. The summed E-state index contributed by atoms with van der Waals surface area (Å²) < 4.78 is 28.5. The van der Waals surface area contributed by atoms with Crippen LogP contribution in [0.25, 0.3) is 0 Å². The van der Waals surface area contributed by atoms with Gasteiger partial charge < -0.3 is 5.73 Å². The fourth-order valence-electron chi connectivity index (χ4n) is 2.62. The van der Waals surface area contributed by atoms with Gasteiger partial charge in [0.2, 0.25) is 10.0 Å². The summed E-state index contributed by atoms with van der Waals surface area (Å²) in [5.41, 5.74) is 5.68. The van der Waals surface area contributed by atoms with Crippen LogP contribution in [0.1, 0.15) is 39.0 Å². The van der Waals surface area contributed by atoms with Gasteiger partial charge in [-0.15, -0.1) is 0 Å². The Balaban J connectivity index is 2.07. The zero-order valence-electron chi connectivity index (χ0n) is 11.5. The molecule has 19 heavy (non-hydrogen) atoms. The minimum atomic E-state index is -3.57. The zero-order chi connectivity index (χ0) is 14.1. The van der Waals surface area contributed by atoms with Gasteiger partial charge in [-0.2, -0.15) is 5.10 Å². The topological polar surface area (TPSA) is 90.0 Å². The molecule has 0 saturated heterocycles. The molecule has 1 aliphatic rings. The van der Waals surface area contributed by atoms with Gasteiger partial charge in [0.05, 0.1) is 0 Å². The highest BCUT2D eigenvalue weighted by Crippen LogP contribution is 2.35. The number of nitrogens with zero attached hydrogens (tertiary/aromatic N) is 2. The van der Waals surface area contributed by atoms with Gasteiger partial charge in [-0.1, -0.05) is 26.2 Å². The van der Waals surface area contributed by atoms with Gasteiger partial charge in [-0.05, 0) is 18.3 Å². The van der Waals surface area contributed by atoms with Crippen molar-refractivity contribution in [1.29, 1.82) is 0 Å². The summed E-state index contributed by atoms with van der Waals surface area (Å²) in [6.07, 6.45) is 7.16. The molecule has 0 bridgehead atoms. The van der Waals surface area contributed by atoms with Crippen LogP contribution in [0.3, 0.4) is 0 Å². The summed E-state index contributed by atoms with van der Waals surface area (Å²) in [5.74, 6) is 0.0452. The maximum Gasteiger partial charge on any atom is 0.245 e. The molecule has 1 heterocycles. The lowest BCUT2D eigenvalue weighted by Crippen LogP contribution is -2.37. The van der Waals surface area contributed by atoms with E-state index < -0.39 is 10.0 Å². The predicted molar refractivity (Wildman–Crippen MR) is 74.0 cm³/mol. The second-order valence-corrected chi connectivity index (χ2v) is 7.48. The average molecular weight is 286 g/mol. The number of hydrogen-bond donors (Lipinski definition) is 2. The predicted octanol–water partition coefficient (Wildman–Crippen LogP) is 1.25. The first-order valence-electron chi connectivity index (χ1n) is 6.61. The van der Waals surface area contributed by atoms with E-state index in [1.807, 2.05) is 0 Å². The van der Waals surface area contributed by atoms with Crippen molar-refractivity contribution < 1.29 is 8.42 Å².